The minimum Gasteiger partial charge on any atom is -0.353 e. The predicted octanol–water partition coefficient (Wildman–Crippen LogP) is 4.01. The van der Waals surface area contributed by atoms with Gasteiger partial charge in [-0.05, 0) is 37.9 Å². The Hall–Kier alpha value is -0.480. The zero-order valence-corrected chi connectivity index (χ0v) is 12.9. The molecular formula is C14H20ClN3S. The minimum absolute atomic E-state index is 0.562. The highest BCUT2D eigenvalue weighted by molar-refractivity contribution is 7.98. The second-order valence-corrected chi connectivity index (χ2v) is 6.64. The first-order chi connectivity index (χ1) is 9.28. The first-order valence-electron chi connectivity index (χ1n) is 7.13. The van der Waals surface area contributed by atoms with Crippen LogP contribution in [-0.4, -0.2) is 28.8 Å². The van der Waals surface area contributed by atoms with Crippen LogP contribution in [0.2, 0.25) is 5.15 Å². The van der Waals surface area contributed by atoms with Crippen LogP contribution in [0.4, 0.5) is 5.82 Å². The normalized spacial score (nSPS) is 24.3. The number of aromatic nitrogens is 2. The van der Waals surface area contributed by atoms with Crippen LogP contribution in [0, 0.1) is 5.92 Å². The van der Waals surface area contributed by atoms with Crippen LogP contribution in [0.1, 0.15) is 38.5 Å². The maximum atomic E-state index is 6.12. The van der Waals surface area contributed by atoms with Gasteiger partial charge in [-0.25, -0.2) is 9.97 Å². The molecular weight excluding hydrogens is 278 g/mol. The van der Waals surface area contributed by atoms with E-state index in [9.17, 15) is 0 Å². The minimum atomic E-state index is 0.562. The number of nitrogens with zero attached hydrogens (tertiary/aromatic N) is 3. The van der Waals surface area contributed by atoms with Crippen LogP contribution in [0.3, 0.4) is 0 Å². The van der Waals surface area contributed by atoms with Crippen molar-refractivity contribution >= 4 is 29.2 Å². The molecule has 0 amide bonds. The van der Waals surface area contributed by atoms with Crippen molar-refractivity contribution in [1.82, 2.24) is 9.97 Å². The summed E-state index contributed by atoms with van der Waals surface area (Å²) in [5.74, 6) is 1.88. The molecule has 1 saturated heterocycles. The average Bonchev–Trinajstić information content (AvgIpc) is 3.08. The van der Waals surface area contributed by atoms with Crippen molar-refractivity contribution in [2.75, 3.05) is 17.7 Å². The molecule has 0 aromatic carbocycles. The smallest absolute Gasteiger partial charge is 0.190 e. The zero-order valence-electron chi connectivity index (χ0n) is 11.3. The van der Waals surface area contributed by atoms with Gasteiger partial charge in [0.1, 0.15) is 11.0 Å². The SMILES string of the molecule is CSc1nc(Cl)cc(N2CCCC2C2CCCC2)n1. The molecule has 19 heavy (non-hydrogen) atoms. The van der Waals surface area contributed by atoms with E-state index in [1.54, 1.807) is 11.8 Å². The molecule has 1 aliphatic carbocycles. The third-order valence-corrected chi connectivity index (χ3v) is 5.12. The van der Waals surface area contributed by atoms with Gasteiger partial charge in [0.25, 0.3) is 0 Å². The Balaban J connectivity index is 1.85. The van der Waals surface area contributed by atoms with E-state index < -0.39 is 0 Å². The van der Waals surface area contributed by atoms with Gasteiger partial charge in [0, 0.05) is 18.7 Å². The van der Waals surface area contributed by atoms with Crippen molar-refractivity contribution in [2.45, 2.75) is 49.7 Å². The topological polar surface area (TPSA) is 29.0 Å². The van der Waals surface area contributed by atoms with Crippen molar-refractivity contribution < 1.29 is 0 Å². The fourth-order valence-corrected chi connectivity index (χ4v) is 4.14. The van der Waals surface area contributed by atoms with Gasteiger partial charge in [-0.3, -0.25) is 0 Å². The van der Waals surface area contributed by atoms with E-state index in [-0.39, 0.29) is 0 Å². The van der Waals surface area contributed by atoms with Gasteiger partial charge >= 0.3 is 0 Å². The van der Waals surface area contributed by atoms with Crippen LogP contribution in [0.15, 0.2) is 11.2 Å². The van der Waals surface area contributed by atoms with Crippen LogP contribution in [0.5, 0.6) is 0 Å². The molecule has 104 valence electrons. The Morgan fingerprint density at radius 3 is 2.74 bits per heavy atom. The summed E-state index contributed by atoms with van der Waals surface area (Å²) in [5, 5.41) is 1.34. The number of hydrogen-bond acceptors (Lipinski definition) is 4. The molecule has 2 heterocycles. The van der Waals surface area contributed by atoms with Crippen molar-refractivity contribution in [1.29, 1.82) is 0 Å². The van der Waals surface area contributed by atoms with Gasteiger partial charge in [-0.2, -0.15) is 0 Å². The number of halogens is 1. The molecule has 3 rings (SSSR count). The quantitative estimate of drug-likeness (QED) is 0.479. The highest BCUT2D eigenvalue weighted by Gasteiger charge is 2.34. The summed E-state index contributed by atoms with van der Waals surface area (Å²) in [6, 6.07) is 2.59. The first-order valence-corrected chi connectivity index (χ1v) is 8.73. The van der Waals surface area contributed by atoms with Crippen LogP contribution in [-0.2, 0) is 0 Å². The van der Waals surface area contributed by atoms with Gasteiger partial charge in [0.05, 0.1) is 0 Å². The number of anilines is 1. The highest BCUT2D eigenvalue weighted by atomic mass is 35.5. The lowest BCUT2D eigenvalue weighted by atomic mass is 9.96. The molecule has 1 aliphatic heterocycles. The van der Waals surface area contributed by atoms with Crippen LogP contribution < -0.4 is 4.90 Å². The lowest BCUT2D eigenvalue weighted by molar-refractivity contribution is 0.428. The van der Waals surface area contributed by atoms with Crippen molar-refractivity contribution in [3.05, 3.63) is 11.2 Å². The molecule has 3 nitrogen and oxygen atoms in total. The maximum Gasteiger partial charge on any atom is 0.190 e. The van der Waals surface area contributed by atoms with Crippen LogP contribution in [0.25, 0.3) is 0 Å². The summed E-state index contributed by atoms with van der Waals surface area (Å²) < 4.78 is 0. The van der Waals surface area contributed by atoms with E-state index >= 15 is 0 Å². The average molecular weight is 298 g/mol. The molecule has 0 N–H and O–H groups in total. The van der Waals surface area contributed by atoms with E-state index in [0.29, 0.717) is 11.2 Å². The molecule has 5 heteroatoms. The Morgan fingerprint density at radius 1 is 1.21 bits per heavy atom. The molecule has 2 fully saturated rings. The standard InChI is InChI=1S/C14H20ClN3S/c1-19-14-16-12(15)9-13(17-14)18-8-4-7-11(18)10-5-2-3-6-10/h9-11H,2-8H2,1H3. The van der Waals surface area contributed by atoms with E-state index in [4.69, 9.17) is 11.6 Å². The van der Waals surface area contributed by atoms with Gasteiger partial charge in [-0.15, -0.1) is 0 Å². The van der Waals surface area contributed by atoms with Crippen molar-refractivity contribution in [2.24, 2.45) is 5.92 Å². The molecule has 0 spiro atoms. The van der Waals surface area contributed by atoms with E-state index in [1.807, 2.05) is 12.3 Å². The van der Waals surface area contributed by atoms with Gasteiger partial charge in [0.15, 0.2) is 5.16 Å². The lowest BCUT2D eigenvalue weighted by Crippen LogP contribution is -2.35. The zero-order chi connectivity index (χ0) is 13.2. The Kier molecular flexibility index (Phi) is 4.18. The number of rotatable bonds is 3. The first kappa shape index (κ1) is 13.5. The van der Waals surface area contributed by atoms with Gasteiger partial charge in [0.2, 0.25) is 0 Å². The van der Waals surface area contributed by atoms with Gasteiger partial charge in [-0.1, -0.05) is 36.2 Å². The van der Waals surface area contributed by atoms with Crippen molar-refractivity contribution in [3.63, 3.8) is 0 Å². The molecule has 0 bridgehead atoms. The summed E-state index contributed by atoms with van der Waals surface area (Å²) in [7, 11) is 0. The highest BCUT2D eigenvalue weighted by Crippen LogP contribution is 2.37. The molecule has 1 atom stereocenters. The Bertz CT molecular complexity index is 448. The van der Waals surface area contributed by atoms with Crippen molar-refractivity contribution in [3.8, 4) is 0 Å². The molecule has 2 aliphatic rings. The molecule has 1 saturated carbocycles. The number of thioether (sulfide) groups is 1. The summed E-state index contributed by atoms with van der Waals surface area (Å²) in [4.78, 5) is 11.4. The monoisotopic (exact) mass is 297 g/mol. The Labute approximate surface area is 124 Å². The molecule has 1 aromatic rings. The fourth-order valence-electron chi connectivity index (χ4n) is 3.53. The van der Waals surface area contributed by atoms with E-state index in [0.717, 1.165) is 23.4 Å². The summed E-state index contributed by atoms with van der Waals surface area (Å²) in [6.45, 7) is 1.11. The van der Waals surface area contributed by atoms with E-state index in [1.165, 1.54) is 38.5 Å². The fraction of sp³-hybridized carbons (Fsp3) is 0.714. The maximum absolute atomic E-state index is 6.12. The second kappa shape index (κ2) is 5.88. The van der Waals surface area contributed by atoms with Crippen LogP contribution >= 0.6 is 23.4 Å². The van der Waals surface area contributed by atoms with E-state index in [2.05, 4.69) is 14.9 Å². The third-order valence-electron chi connectivity index (χ3n) is 4.38. The van der Waals surface area contributed by atoms with Gasteiger partial charge < -0.3 is 4.90 Å². The summed E-state index contributed by atoms with van der Waals surface area (Å²) in [6.07, 6.45) is 10.1. The summed E-state index contributed by atoms with van der Waals surface area (Å²) in [5.41, 5.74) is 0. The second-order valence-electron chi connectivity index (χ2n) is 5.48. The largest absolute Gasteiger partial charge is 0.353 e. The molecule has 0 radical (unpaired) electrons. The summed E-state index contributed by atoms with van der Waals surface area (Å²) >= 11 is 7.68. The lowest BCUT2D eigenvalue weighted by Gasteiger charge is -2.30. The Morgan fingerprint density at radius 2 is 2.00 bits per heavy atom. The molecule has 1 aromatic heterocycles. The number of hydrogen-bond donors (Lipinski definition) is 0. The third kappa shape index (κ3) is 2.84. The molecule has 1 unspecified atom stereocenters. The predicted molar refractivity (Wildman–Crippen MR) is 81.1 cm³/mol.